The van der Waals surface area contributed by atoms with Gasteiger partial charge >= 0.3 is 5.97 Å². The second-order valence-electron chi connectivity index (χ2n) is 6.16. The molecule has 0 fully saturated rings. The lowest BCUT2D eigenvalue weighted by Gasteiger charge is -2.14. The normalized spacial score (nSPS) is 11.6. The van der Waals surface area contributed by atoms with Crippen molar-refractivity contribution in [1.29, 1.82) is 0 Å². The zero-order valence-electron chi connectivity index (χ0n) is 16.3. The Balaban J connectivity index is 1.63. The molecule has 1 N–H and O–H groups in total. The molecule has 0 aliphatic heterocycles. The number of esters is 1. The highest BCUT2D eigenvalue weighted by atomic mass is 32.1. The molecular formula is C21H21N3O4S. The van der Waals surface area contributed by atoms with Crippen LogP contribution < -0.4 is 10.1 Å². The van der Waals surface area contributed by atoms with E-state index in [0.29, 0.717) is 27.1 Å². The summed E-state index contributed by atoms with van der Waals surface area (Å²) in [7, 11) is 0. The molecule has 1 unspecified atom stereocenters. The van der Waals surface area contributed by atoms with E-state index in [1.54, 1.807) is 26.0 Å². The Hall–Kier alpha value is -3.26. The molecule has 0 saturated carbocycles. The van der Waals surface area contributed by atoms with Crippen molar-refractivity contribution in [2.24, 2.45) is 0 Å². The van der Waals surface area contributed by atoms with Gasteiger partial charge in [-0.3, -0.25) is 10.1 Å². The second kappa shape index (κ2) is 9.29. The number of aryl methyl sites for hydroxylation is 1. The number of pyridine rings is 1. The van der Waals surface area contributed by atoms with Gasteiger partial charge in [0.15, 0.2) is 5.13 Å². The van der Waals surface area contributed by atoms with E-state index in [9.17, 15) is 9.59 Å². The molecule has 0 bridgehead atoms. The summed E-state index contributed by atoms with van der Waals surface area (Å²) in [6.45, 7) is 5.64. The number of amides is 1. The fourth-order valence-electron chi connectivity index (χ4n) is 2.56. The predicted molar refractivity (Wildman–Crippen MR) is 110 cm³/mol. The maximum Gasteiger partial charge on any atom is 0.350 e. The molecule has 8 heteroatoms. The summed E-state index contributed by atoms with van der Waals surface area (Å²) in [5.41, 5.74) is 1.91. The molecule has 0 aliphatic rings. The van der Waals surface area contributed by atoms with Crippen LogP contribution in [0, 0.1) is 6.92 Å². The summed E-state index contributed by atoms with van der Waals surface area (Å²) in [5.74, 6) is -0.393. The average molecular weight is 411 g/mol. The lowest BCUT2D eigenvalue weighted by Crippen LogP contribution is -2.12. The van der Waals surface area contributed by atoms with Gasteiger partial charge in [0.05, 0.1) is 17.9 Å². The predicted octanol–water partition coefficient (Wildman–Crippen LogP) is 4.42. The summed E-state index contributed by atoms with van der Waals surface area (Å²) in [5, 5.41) is 3.01. The van der Waals surface area contributed by atoms with Crippen molar-refractivity contribution in [2.75, 3.05) is 11.9 Å². The molecule has 2 aromatic heterocycles. The molecule has 7 nitrogen and oxygen atoms in total. The fourth-order valence-corrected chi connectivity index (χ4v) is 3.42. The molecule has 0 saturated heterocycles. The van der Waals surface area contributed by atoms with Gasteiger partial charge in [-0.15, -0.1) is 0 Å². The van der Waals surface area contributed by atoms with Crippen molar-refractivity contribution in [3.63, 3.8) is 0 Å². The van der Waals surface area contributed by atoms with Gasteiger partial charge in [-0.1, -0.05) is 41.7 Å². The first-order valence-electron chi connectivity index (χ1n) is 9.11. The minimum atomic E-state index is -0.446. The number of benzene rings is 1. The molecule has 29 heavy (non-hydrogen) atoms. The van der Waals surface area contributed by atoms with Gasteiger partial charge < -0.3 is 9.47 Å². The molecule has 3 rings (SSSR count). The van der Waals surface area contributed by atoms with Gasteiger partial charge in [-0.2, -0.15) is 0 Å². The number of nitrogens with zero attached hydrogens (tertiary/aromatic N) is 2. The van der Waals surface area contributed by atoms with Gasteiger partial charge in [-0.25, -0.2) is 14.8 Å². The van der Waals surface area contributed by atoms with E-state index in [1.165, 1.54) is 6.20 Å². The van der Waals surface area contributed by atoms with Crippen LogP contribution in [0.25, 0.3) is 0 Å². The zero-order valence-corrected chi connectivity index (χ0v) is 17.2. The number of thiazole rings is 1. The molecule has 2 heterocycles. The maximum absolute atomic E-state index is 12.4. The minimum absolute atomic E-state index is 0.164. The molecule has 1 aromatic carbocycles. The monoisotopic (exact) mass is 411 g/mol. The van der Waals surface area contributed by atoms with E-state index in [0.717, 1.165) is 16.9 Å². The number of aromatic nitrogens is 2. The van der Waals surface area contributed by atoms with Gasteiger partial charge in [0.1, 0.15) is 11.0 Å². The van der Waals surface area contributed by atoms with Crippen LogP contribution in [0.15, 0.2) is 48.7 Å². The van der Waals surface area contributed by atoms with Gasteiger partial charge in [0.2, 0.25) is 5.88 Å². The maximum atomic E-state index is 12.4. The highest BCUT2D eigenvalue weighted by molar-refractivity contribution is 7.17. The van der Waals surface area contributed by atoms with E-state index < -0.39 is 5.97 Å². The van der Waals surface area contributed by atoms with Crippen LogP contribution in [-0.4, -0.2) is 28.5 Å². The molecule has 1 amide bonds. The van der Waals surface area contributed by atoms with E-state index in [1.807, 2.05) is 37.3 Å². The molecule has 0 spiro atoms. The van der Waals surface area contributed by atoms with Gasteiger partial charge in [-0.05, 0) is 32.4 Å². The average Bonchev–Trinajstić information content (AvgIpc) is 3.09. The molecule has 0 radical (unpaired) electrons. The molecule has 0 aliphatic carbocycles. The van der Waals surface area contributed by atoms with Gasteiger partial charge in [0.25, 0.3) is 5.91 Å². The molecule has 1 atom stereocenters. The summed E-state index contributed by atoms with van der Waals surface area (Å²) in [4.78, 5) is 33.1. The Morgan fingerprint density at radius 2 is 1.93 bits per heavy atom. The fraction of sp³-hybridized carbons (Fsp3) is 0.238. The molecule has 3 aromatic rings. The minimum Gasteiger partial charge on any atom is -0.470 e. The van der Waals surface area contributed by atoms with Crippen LogP contribution in [-0.2, 0) is 4.74 Å². The summed E-state index contributed by atoms with van der Waals surface area (Å²) in [6, 6.07) is 13.1. The number of carbonyl (C=O) groups is 2. The summed E-state index contributed by atoms with van der Waals surface area (Å²) >= 11 is 1.08. The van der Waals surface area contributed by atoms with Crippen molar-refractivity contribution < 1.29 is 19.1 Å². The van der Waals surface area contributed by atoms with Crippen molar-refractivity contribution in [3.05, 3.63) is 70.4 Å². The first-order chi connectivity index (χ1) is 14.0. The highest BCUT2D eigenvalue weighted by Gasteiger charge is 2.18. The van der Waals surface area contributed by atoms with E-state index in [-0.39, 0.29) is 18.6 Å². The second-order valence-corrected chi connectivity index (χ2v) is 7.16. The highest BCUT2D eigenvalue weighted by Crippen LogP contribution is 2.24. The van der Waals surface area contributed by atoms with Crippen molar-refractivity contribution in [2.45, 2.75) is 26.9 Å². The largest absolute Gasteiger partial charge is 0.470 e. The first kappa shape index (κ1) is 20.5. The van der Waals surface area contributed by atoms with Crippen molar-refractivity contribution in [1.82, 2.24) is 9.97 Å². The quantitative estimate of drug-likeness (QED) is 0.579. The smallest absolute Gasteiger partial charge is 0.350 e. The molecule has 150 valence electrons. The topological polar surface area (TPSA) is 90.4 Å². The van der Waals surface area contributed by atoms with Crippen LogP contribution in [0.5, 0.6) is 5.88 Å². The first-order valence-corrected chi connectivity index (χ1v) is 9.93. The summed E-state index contributed by atoms with van der Waals surface area (Å²) < 4.78 is 10.8. The van der Waals surface area contributed by atoms with Crippen LogP contribution in [0.2, 0.25) is 0 Å². The lowest BCUT2D eigenvalue weighted by atomic mass is 10.1. The third-order valence-electron chi connectivity index (χ3n) is 4.04. The Kier molecular flexibility index (Phi) is 6.56. The lowest BCUT2D eigenvalue weighted by molar-refractivity contribution is 0.0531. The number of carbonyl (C=O) groups excluding carboxylic acids is 2. The van der Waals surface area contributed by atoms with E-state index >= 15 is 0 Å². The Morgan fingerprint density at radius 3 is 2.59 bits per heavy atom. The Morgan fingerprint density at radius 1 is 1.17 bits per heavy atom. The standard InChI is InChI=1S/C21H21N3O4S/c1-4-27-20(26)18-13(2)23-21(29-18)24-19(25)16-10-11-17(22-12-16)28-14(3)15-8-6-5-7-9-15/h5-12,14H,4H2,1-3H3,(H,23,24,25). The van der Waals surface area contributed by atoms with E-state index in [2.05, 4.69) is 15.3 Å². The Labute approximate surface area is 172 Å². The number of ether oxygens (including phenoxy) is 2. The number of nitrogens with one attached hydrogen (secondary N) is 1. The van der Waals surface area contributed by atoms with Crippen molar-refractivity contribution in [3.8, 4) is 5.88 Å². The zero-order chi connectivity index (χ0) is 20.8. The number of anilines is 1. The number of hydrogen-bond acceptors (Lipinski definition) is 7. The van der Waals surface area contributed by atoms with Crippen LogP contribution in [0.1, 0.15) is 51.2 Å². The van der Waals surface area contributed by atoms with Crippen molar-refractivity contribution >= 4 is 28.3 Å². The number of hydrogen-bond donors (Lipinski definition) is 1. The van der Waals surface area contributed by atoms with E-state index in [4.69, 9.17) is 9.47 Å². The van der Waals surface area contributed by atoms with Gasteiger partial charge in [0, 0.05) is 12.3 Å². The number of rotatable bonds is 7. The van der Waals surface area contributed by atoms with Crippen LogP contribution in [0.4, 0.5) is 5.13 Å². The third-order valence-corrected chi connectivity index (χ3v) is 5.10. The Bertz CT molecular complexity index is 987. The van der Waals surface area contributed by atoms with Crippen LogP contribution >= 0.6 is 11.3 Å². The SMILES string of the molecule is CCOC(=O)c1sc(NC(=O)c2ccc(OC(C)c3ccccc3)nc2)nc1C. The third kappa shape index (κ3) is 5.17. The molecular weight excluding hydrogens is 390 g/mol. The summed E-state index contributed by atoms with van der Waals surface area (Å²) in [6.07, 6.45) is 1.28. The van der Waals surface area contributed by atoms with Crippen LogP contribution in [0.3, 0.4) is 0 Å².